The van der Waals surface area contributed by atoms with Crippen molar-refractivity contribution in [1.82, 2.24) is 0 Å². The van der Waals surface area contributed by atoms with E-state index in [0.717, 1.165) is 17.0 Å². The molecule has 0 saturated heterocycles. The predicted octanol–water partition coefficient (Wildman–Crippen LogP) is 4.65. The van der Waals surface area contributed by atoms with Gasteiger partial charge in [-0.3, -0.25) is 0 Å². The lowest BCUT2D eigenvalue weighted by Gasteiger charge is -2.19. The first-order valence-corrected chi connectivity index (χ1v) is 10.1. The molecule has 106 valence electrons. The quantitative estimate of drug-likeness (QED) is 0.809. The zero-order valence-electron chi connectivity index (χ0n) is 12.1. The summed E-state index contributed by atoms with van der Waals surface area (Å²) in [5, 5.41) is 3.26. The highest BCUT2D eigenvalue weighted by molar-refractivity contribution is 6.70. The van der Waals surface area contributed by atoms with Crippen LogP contribution in [0.5, 0.6) is 5.75 Å². The van der Waals surface area contributed by atoms with E-state index in [1.807, 2.05) is 24.3 Å². The van der Waals surface area contributed by atoms with Gasteiger partial charge in [0.2, 0.25) is 8.32 Å². The molecule has 0 atom stereocenters. The van der Waals surface area contributed by atoms with Crippen LogP contribution in [0.1, 0.15) is 5.56 Å². The van der Waals surface area contributed by atoms with Crippen LogP contribution in [-0.4, -0.2) is 8.32 Å². The number of anilines is 1. The molecule has 0 saturated carbocycles. The molecule has 0 aliphatic rings. The van der Waals surface area contributed by atoms with E-state index in [1.165, 1.54) is 12.1 Å². The van der Waals surface area contributed by atoms with Crippen molar-refractivity contribution in [2.75, 3.05) is 5.32 Å². The average Bonchev–Trinajstić information content (AvgIpc) is 2.38. The van der Waals surface area contributed by atoms with E-state index in [-0.39, 0.29) is 5.82 Å². The maximum Gasteiger partial charge on any atom is 0.242 e. The minimum absolute atomic E-state index is 0.219. The normalized spacial score (nSPS) is 11.2. The summed E-state index contributed by atoms with van der Waals surface area (Å²) in [5.74, 6) is 0.707. The van der Waals surface area contributed by atoms with Crippen molar-refractivity contribution in [2.24, 2.45) is 0 Å². The Kier molecular flexibility index (Phi) is 4.45. The number of hydrogen-bond acceptors (Lipinski definition) is 2. The van der Waals surface area contributed by atoms with Crippen molar-refractivity contribution in [1.29, 1.82) is 0 Å². The van der Waals surface area contributed by atoms with Crippen LogP contribution in [0.4, 0.5) is 10.1 Å². The van der Waals surface area contributed by atoms with Crippen molar-refractivity contribution in [3.63, 3.8) is 0 Å². The molecule has 1 N–H and O–H groups in total. The van der Waals surface area contributed by atoms with Gasteiger partial charge in [-0.2, -0.15) is 0 Å². The van der Waals surface area contributed by atoms with E-state index in [0.29, 0.717) is 6.54 Å². The third-order valence-corrected chi connectivity index (χ3v) is 3.54. The summed E-state index contributed by atoms with van der Waals surface area (Å²) in [6.45, 7) is 7.20. The molecule has 0 aliphatic carbocycles. The molecule has 0 amide bonds. The van der Waals surface area contributed by atoms with Crippen LogP contribution in [0.2, 0.25) is 19.6 Å². The topological polar surface area (TPSA) is 21.3 Å². The highest BCUT2D eigenvalue weighted by Crippen LogP contribution is 2.17. The van der Waals surface area contributed by atoms with E-state index < -0.39 is 8.32 Å². The molecule has 0 aromatic heterocycles. The number of benzene rings is 2. The second-order valence-corrected chi connectivity index (χ2v) is 10.1. The van der Waals surface area contributed by atoms with Gasteiger partial charge < -0.3 is 9.74 Å². The summed E-state index contributed by atoms with van der Waals surface area (Å²) in [6.07, 6.45) is 0. The number of hydrogen-bond donors (Lipinski definition) is 1. The Morgan fingerprint density at radius 2 is 1.55 bits per heavy atom. The minimum atomic E-state index is -1.54. The van der Waals surface area contributed by atoms with Crippen LogP contribution >= 0.6 is 0 Å². The van der Waals surface area contributed by atoms with E-state index in [2.05, 4.69) is 25.0 Å². The van der Waals surface area contributed by atoms with Gasteiger partial charge in [-0.15, -0.1) is 0 Å². The van der Waals surface area contributed by atoms with Crippen LogP contribution in [0.15, 0.2) is 48.5 Å². The van der Waals surface area contributed by atoms with Crippen molar-refractivity contribution in [3.05, 3.63) is 59.9 Å². The second kappa shape index (κ2) is 6.09. The maximum atomic E-state index is 12.8. The van der Waals surface area contributed by atoms with Gasteiger partial charge in [0.1, 0.15) is 11.6 Å². The van der Waals surface area contributed by atoms with E-state index in [4.69, 9.17) is 4.43 Å². The largest absolute Gasteiger partial charge is 0.544 e. The fraction of sp³-hybridized carbons (Fsp3) is 0.250. The molecule has 2 nitrogen and oxygen atoms in total. The zero-order chi connectivity index (χ0) is 14.6. The van der Waals surface area contributed by atoms with Crippen LogP contribution in [0.25, 0.3) is 0 Å². The third kappa shape index (κ3) is 4.70. The Balaban J connectivity index is 1.92. The molecule has 0 fully saturated rings. The molecule has 4 heteroatoms. The van der Waals surface area contributed by atoms with Gasteiger partial charge in [0.05, 0.1) is 0 Å². The lowest BCUT2D eigenvalue weighted by molar-refractivity contribution is 0.557. The minimum Gasteiger partial charge on any atom is -0.544 e. The Morgan fingerprint density at radius 3 is 2.10 bits per heavy atom. The first-order valence-electron chi connectivity index (χ1n) is 6.70. The number of rotatable bonds is 5. The Bertz CT molecular complexity index is 546. The molecule has 2 aromatic rings. The molecule has 0 unspecified atom stereocenters. The Hall–Kier alpha value is -1.81. The van der Waals surface area contributed by atoms with Gasteiger partial charge in [-0.1, -0.05) is 12.1 Å². The van der Waals surface area contributed by atoms with Gasteiger partial charge in [0.25, 0.3) is 0 Å². The van der Waals surface area contributed by atoms with Crippen molar-refractivity contribution < 1.29 is 8.82 Å². The second-order valence-electron chi connectivity index (χ2n) is 5.72. The summed E-state index contributed by atoms with van der Waals surface area (Å²) in [7, 11) is -1.54. The number of halogens is 1. The maximum absolute atomic E-state index is 12.8. The first kappa shape index (κ1) is 14.6. The number of nitrogens with one attached hydrogen (secondary N) is 1. The molecule has 0 radical (unpaired) electrons. The Labute approximate surface area is 120 Å². The summed E-state index contributed by atoms with van der Waals surface area (Å²) in [5.41, 5.74) is 2.08. The molecular weight excluding hydrogens is 269 g/mol. The highest BCUT2D eigenvalue weighted by atomic mass is 28.4. The summed E-state index contributed by atoms with van der Waals surface area (Å²) >= 11 is 0. The molecule has 0 spiro atoms. The highest BCUT2D eigenvalue weighted by Gasteiger charge is 2.15. The monoisotopic (exact) mass is 289 g/mol. The van der Waals surface area contributed by atoms with E-state index in [1.54, 1.807) is 12.1 Å². The summed E-state index contributed by atoms with van der Waals surface area (Å²) in [4.78, 5) is 0. The summed E-state index contributed by atoms with van der Waals surface area (Å²) in [6, 6.07) is 14.5. The van der Waals surface area contributed by atoms with Gasteiger partial charge >= 0.3 is 0 Å². The molecule has 0 aliphatic heterocycles. The van der Waals surface area contributed by atoms with Crippen LogP contribution < -0.4 is 9.74 Å². The lowest BCUT2D eigenvalue weighted by Crippen LogP contribution is -2.29. The van der Waals surface area contributed by atoms with Crippen molar-refractivity contribution >= 4 is 14.0 Å². The Morgan fingerprint density at radius 1 is 0.950 bits per heavy atom. The van der Waals surface area contributed by atoms with E-state index in [9.17, 15) is 4.39 Å². The van der Waals surface area contributed by atoms with E-state index >= 15 is 0 Å². The average molecular weight is 289 g/mol. The molecule has 0 bridgehead atoms. The van der Waals surface area contributed by atoms with Crippen molar-refractivity contribution in [2.45, 2.75) is 26.2 Å². The van der Waals surface area contributed by atoms with Gasteiger partial charge in [-0.05, 0) is 61.6 Å². The van der Waals surface area contributed by atoms with Gasteiger partial charge in [0.15, 0.2) is 0 Å². The molecule has 2 rings (SSSR count). The fourth-order valence-corrected chi connectivity index (χ4v) is 2.64. The third-order valence-electron chi connectivity index (χ3n) is 2.69. The van der Waals surface area contributed by atoms with Crippen molar-refractivity contribution in [3.8, 4) is 5.75 Å². The molecule has 20 heavy (non-hydrogen) atoms. The smallest absolute Gasteiger partial charge is 0.242 e. The fourth-order valence-electron chi connectivity index (χ4n) is 1.80. The van der Waals surface area contributed by atoms with Crippen LogP contribution in [0.3, 0.4) is 0 Å². The van der Waals surface area contributed by atoms with Crippen LogP contribution in [0, 0.1) is 5.82 Å². The molecular formula is C16H20FNOSi. The van der Waals surface area contributed by atoms with Gasteiger partial charge in [0, 0.05) is 12.2 Å². The first-order chi connectivity index (χ1) is 9.42. The SMILES string of the molecule is C[Si](C)(C)Oc1ccc(CNc2ccc(F)cc2)cc1. The molecule has 2 aromatic carbocycles. The lowest BCUT2D eigenvalue weighted by atomic mass is 10.2. The summed E-state index contributed by atoms with van der Waals surface area (Å²) < 4.78 is 18.7. The molecule has 0 heterocycles. The standard InChI is InChI=1S/C16H20FNOSi/c1-20(2,3)19-16-10-4-13(5-11-16)12-18-15-8-6-14(17)7-9-15/h4-11,18H,12H2,1-3H3. The van der Waals surface area contributed by atoms with Gasteiger partial charge in [-0.25, -0.2) is 4.39 Å². The van der Waals surface area contributed by atoms with Crippen LogP contribution in [-0.2, 0) is 6.54 Å². The predicted molar refractivity (Wildman–Crippen MR) is 84.1 cm³/mol. The zero-order valence-corrected chi connectivity index (χ0v) is 13.1.